The Hall–Kier alpha value is -1.67. The Balaban J connectivity index is 2.24. The van der Waals surface area contributed by atoms with E-state index < -0.39 is 5.97 Å². The minimum absolute atomic E-state index is 0.305. The normalized spacial score (nSPS) is 10.5. The van der Waals surface area contributed by atoms with Crippen molar-refractivity contribution in [1.82, 2.24) is 14.3 Å². The lowest BCUT2D eigenvalue weighted by molar-refractivity contribution is 0.0527. The van der Waals surface area contributed by atoms with Crippen LogP contribution in [0.5, 0.6) is 0 Å². The summed E-state index contributed by atoms with van der Waals surface area (Å²) >= 11 is 2.59. The Morgan fingerprint density at radius 3 is 2.95 bits per heavy atom. The fourth-order valence-corrected chi connectivity index (χ4v) is 3.08. The van der Waals surface area contributed by atoms with Gasteiger partial charge in [0.1, 0.15) is 10.9 Å². The Morgan fingerprint density at radius 2 is 2.30 bits per heavy atom. The first kappa shape index (κ1) is 14.7. The zero-order valence-electron chi connectivity index (χ0n) is 11.1. The summed E-state index contributed by atoms with van der Waals surface area (Å²) in [5, 5.41) is 0.536. The highest BCUT2D eigenvalue weighted by atomic mass is 32.2. The molecule has 0 aliphatic heterocycles. The van der Waals surface area contributed by atoms with Crippen molar-refractivity contribution in [3.8, 4) is 0 Å². The summed E-state index contributed by atoms with van der Waals surface area (Å²) < 4.78 is 9.90. The van der Waals surface area contributed by atoms with Gasteiger partial charge in [-0.05, 0) is 36.3 Å². The highest BCUT2D eigenvalue weighted by molar-refractivity contribution is 8.01. The van der Waals surface area contributed by atoms with E-state index in [0.717, 1.165) is 16.6 Å². The van der Waals surface area contributed by atoms with Crippen LogP contribution < -0.4 is 5.73 Å². The maximum atomic E-state index is 11.8. The molecule has 106 valence electrons. The van der Waals surface area contributed by atoms with Crippen LogP contribution >= 0.6 is 23.3 Å². The lowest BCUT2D eigenvalue weighted by atomic mass is 10.2. The van der Waals surface area contributed by atoms with Crippen LogP contribution in [0.2, 0.25) is 0 Å². The van der Waals surface area contributed by atoms with E-state index in [0.29, 0.717) is 22.9 Å². The average molecular weight is 310 g/mol. The number of aromatic nitrogens is 3. The van der Waals surface area contributed by atoms with Crippen molar-refractivity contribution in [3.63, 3.8) is 0 Å². The molecule has 0 saturated heterocycles. The standard InChI is InChI=1S/C12H14N4O2S2/c1-3-8-15-12(20-16-8)19-10-9(13)7(5-6-14-10)11(17)18-4-2/h5-6H,3-4,13H2,1-2H3. The van der Waals surface area contributed by atoms with E-state index in [1.54, 1.807) is 13.0 Å². The van der Waals surface area contributed by atoms with Crippen LogP contribution in [0, 0.1) is 0 Å². The summed E-state index contributed by atoms with van der Waals surface area (Å²) in [5.41, 5.74) is 6.61. The molecule has 0 saturated carbocycles. The van der Waals surface area contributed by atoms with Crippen molar-refractivity contribution in [2.24, 2.45) is 0 Å². The maximum Gasteiger partial charge on any atom is 0.340 e. The van der Waals surface area contributed by atoms with E-state index in [4.69, 9.17) is 10.5 Å². The molecule has 2 rings (SSSR count). The van der Waals surface area contributed by atoms with Gasteiger partial charge in [0, 0.05) is 12.6 Å². The number of hydrogen-bond acceptors (Lipinski definition) is 8. The van der Waals surface area contributed by atoms with Crippen LogP contribution in [0.3, 0.4) is 0 Å². The van der Waals surface area contributed by atoms with Gasteiger partial charge in [0.2, 0.25) is 0 Å². The quantitative estimate of drug-likeness (QED) is 0.848. The first-order chi connectivity index (χ1) is 9.65. The molecule has 0 unspecified atom stereocenters. The van der Waals surface area contributed by atoms with Crippen LogP contribution in [-0.2, 0) is 11.2 Å². The summed E-state index contributed by atoms with van der Waals surface area (Å²) in [5.74, 6) is 0.346. The first-order valence-corrected chi connectivity index (χ1v) is 7.66. The molecular formula is C12H14N4O2S2. The number of ether oxygens (including phenoxy) is 1. The number of hydrogen-bond donors (Lipinski definition) is 1. The third-order valence-corrected chi connectivity index (χ3v) is 4.21. The summed E-state index contributed by atoms with van der Waals surface area (Å²) in [6.45, 7) is 4.04. The largest absolute Gasteiger partial charge is 0.462 e. The van der Waals surface area contributed by atoms with Gasteiger partial charge >= 0.3 is 5.97 Å². The Labute approximate surface area is 124 Å². The summed E-state index contributed by atoms with van der Waals surface area (Å²) in [7, 11) is 0. The Morgan fingerprint density at radius 1 is 1.50 bits per heavy atom. The topological polar surface area (TPSA) is 91.0 Å². The van der Waals surface area contributed by atoms with Gasteiger partial charge in [-0.15, -0.1) is 0 Å². The zero-order chi connectivity index (χ0) is 14.5. The number of anilines is 1. The molecule has 20 heavy (non-hydrogen) atoms. The molecule has 0 amide bonds. The first-order valence-electron chi connectivity index (χ1n) is 6.07. The van der Waals surface area contributed by atoms with Crippen molar-refractivity contribution >= 4 is 35.0 Å². The molecule has 2 heterocycles. The molecule has 8 heteroatoms. The van der Waals surface area contributed by atoms with E-state index in [9.17, 15) is 4.79 Å². The third kappa shape index (κ3) is 3.26. The van der Waals surface area contributed by atoms with Gasteiger partial charge in [-0.2, -0.15) is 4.37 Å². The van der Waals surface area contributed by atoms with E-state index >= 15 is 0 Å². The Kier molecular flexibility index (Phi) is 4.91. The molecule has 0 spiro atoms. The van der Waals surface area contributed by atoms with Crippen LogP contribution in [0.1, 0.15) is 30.0 Å². The van der Waals surface area contributed by atoms with Gasteiger partial charge in [-0.1, -0.05) is 6.92 Å². The summed E-state index contributed by atoms with van der Waals surface area (Å²) in [6, 6.07) is 1.55. The Bertz CT molecular complexity index is 615. The van der Waals surface area contributed by atoms with Gasteiger partial charge in [0.05, 0.1) is 17.9 Å². The number of carbonyl (C=O) groups is 1. The number of esters is 1. The fourth-order valence-electron chi connectivity index (χ4n) is 1.43. The number of nitrogen functional groups attached to an aromatic ring is 1. The molecule has 0 bridgehead atoms. The summed E-state index contributed by atoms with van der Waals surface area (Å²) in [6.07, 6.45) is 2.32. The van der Waals surface area contributed by atoms with Gasteiger partial charge in [-0.25, -0.2) is 14.8 Å². The number of rotatable bonds is 5. The molecule has 0 radical (unpaired) electrons. The molecule has 6 nitrogen and oxygen atoms in total. The highest BCUT2D eigenvalue weighted by Crippen LogP contribution is 2.33. The lowest BCUT2D eigenvalue weighted by Gasteiger charge is -2.07. The van der Waals surface area contributed by atoms with E-state index in [-0.39, 0.29) is 0 Å². The molecular weight excluding hydrogens is 296 g/mol. The highest BCUT2D eigenvalue weighted by Gasteiger charge is 2.16. The molecule has 2 N–H and O–H groups in total. The SMILES string of the molecule is CCOC(=O)c1ccnc(Sc2nc(CC)ns2)c1N. The number of carbonyl (C=O) groups excluding carboxylic acids is 1. The second kappa shape index (κ2) is 6.67. The smallest absolute Gasteiger partial charge is 0.340 e. The monoisotopic (exact) mass is 310 g/mol. The van der Waals surface area contributed by atoms with Crippen molar-refractivity contribution < 1.29 is 9.53 Å². The summed E-state index contributed by atoms with van der Waals surface area (Å²) in [4.78, 5) is 20.3. The molecule has 0 fully saturated rings. The number of nitrogens with zero attached hydrogens (tertiary/aromatic N) is 3. The molecule has 0 aromatic carbocycles. The van der Waals surface area contributed by atoms with E-state index in [1.807, 2.05) is 6.92 Å². The van der Waals surface area contributed by atoms with Gasteiger partial charge in [0.15, 0.2) is 4.34 Å². The molecule has 0 aliphatic rings. The van der Waals surface area contributed by atoms with Crippen molar-refractivity contribution in [2.45, 2.75) is 29.6 Å². The van der Waals surface area contributed by atoms with Crippen molar-refractivity contribution in [2.75, 3.05) is 12.3 Å². The molecule has 2 aromatic heterocycles. The van der Waals surface area contributed by atoms with Crippen LogP contribution in [-0.4, -0.2) is 26.9 Å². The molecule has 0 atom stereocenters. The predicted octanol–water partition coefficient (Wildman–Crippen LogP) is 2.41. The van der Waals surface area contributed by atoms with Crippen molar-refractivity contribution in [3.05, 3.63) is 23.7 Å². The minimum atomic E-state index is -0.444. The third-order valence-electron chi connectivity index (χ3n) is 2.40. The van der Waals surface area contributed by atoms with Crippen LogP contribution in [0.25, 0.3) is 0 Å². The lowest BCUT2D eigenvalue weighted by Crippen LogP contribution is -2.09. The van der Waals surface area contributed by atoms with E-state index in [2.05, 4.69) is 14.3 Å². The van der Waals surface area contributed by atoms with Crippen LogP contribution in [0.4, 0.5) is 5.69 Å². The molecule has 2 aromatic rings. The van der Waals surface area contributed by atoms with Crippen molar-refractivity contribution in [1.29, 1.82) is 0 Å². The maximum absolute atomic E-state index is 11.8. The van der Waals surface area contributed by atoms with Crippen LogP contribution in [0.15, 0.2) is 21.6 Å². The van der Waals surface area contributed by atoms with Gasteiger partial charge < -0.3 is 10.5 Å². The second-order valence-electron chi connectivity index (χ2n) is 3.73. The predicted molar refractivity (Wildman–Crippen MR) is 78.0 cm³/mol. The second-order valence-corrected chi connectivity index (χ2v) is 5.72. The van der Waals surface area contributed by atoms with Gasteiger partial charge in [-0.3, -0.25) is 0 Å². The zero-order valence-corrected chi connectivity index (χ0v) is 12.8. The fraction of sp³-hybridized carbons (Fsp3) is 0.333. The number of nitrogens with two attached hydrogens (primary N) is 1. The molecule has 0 aliphatic carbocycles. The number of aryl methyl sites for hydroxylation is 1. The minimum Gasteiger partial charge on any atom is -0.462 e. The van der Waals surface area contributed by atoms with Gasteiger partial charge in [0.25, 0.3) is 0 Å². The van der Waals surface area contributed by atoms with E-state index in [1.165, 1.54) is 29.5 Å². The number of pyridine rings is 1. The average Bonchev–Trinajstić information content (AvgIpc) is 2.89.